The standard InChI is InChI=1S/C22H16ClFN2O/c23-16-8-11-21-18(12-16)20-13-19(14-6-9-17(24)10-7-14)25-26(20)22(27-21)15-4-2-1-3-5-15/h1-12,20,22H,13H2/t20-,22-/m0/s1. The fourth-order valence-electron chi connectivity index (χ4n) is 3.71. The van der Waals surface area contributed by atoms with Crippen LogP contribution in [-0.2, 0) is 0 Å². The third-order valence-corrected chi connectivity index (χ3v) is 5.25. The minimum atomic E-state index is -0.317. The second-order valence-corrected chi connectivity index (χ2v) is 7.15. The third-order valence-electron chi connectivity index (χ3n) is 5.01. The van der Waals surface area contributed by atoms with Crippen LogP contribution in [0.25, 0.3) is 0 Å². The normalized spacial score (nSPS) is 20.5. The second kappa shape index (κ2) is 6.39. The Morgan fingerprint density at radius 3 is 2.56 bits per heavy atom. The lowest BCUT2D eigenvalue weighted by Crippen LogP contribution is -2.33. The van der Waals surface area contributed by atoms with Crippen LogP contribution in [0.3, 0.4) is 0 Å². The van der Waals surface area contributed by atoms with Gasteiger partial charge in [0, 0.05) is 22.6 Å². The highest BCUT2D eigenvalue weighted by Crippen LogP contribution is 2.48. The molecule has 0 saturated carbocycles. The van der Waals surface area contributed by atoms with Crippen LogP contribution < -0.4 is 4.74 Å². The minimum absolute atomic E-state index is 0.0257. The molecule has 2 aliphatic heterocycles. The van der Waals surface area contributed by atoms with Crippen molar-refractivity contribution in [3.63, 3.8) is 0 Å². The zero-order valence-corrected chi connectivity index (χ0v) is 15.1. The van der Waals surface area contributed by atoms with Gasteiger partial charge in [-0.15, -0.1) is 0 Å². The molecule has 2 heterocycles. The molecule has 2 atom stereocenters. The van der Waals surface area contributed by atoms with E-state index in [9.17, 15) is 4.39 Å². The quantitative estimate of drug-likeness (QED) is 0.569. The van der Waals surface area contributed by atoms with Gasteiger partial charge in [0.15, 0.2) is 0 Å². The molecule has 0 spiro atoms. The maximum absolute atomic E-state index is 13.3. The predicted octanol–water partition coefficient (Wildman–Crippen LogP) is 5.72. The van der Waals surface area contributed by atoms with Crippen LogP contribution in [0, 0.1) is 5.82 Å². The predicted molar refractivity (Wildman–Crippen MR) is 103 cm³/mol. The fraction of sp³-hybridized carbons (Fsp3) is 0.136. The summed E-state index contributed by atoms with van der Waals surface area (Å²) < 4.78 is 19.6. The van der Waals surface area contributed by atoms with E-state index in [-0.39, 0.29) is 18.1 Å². The molecule has 0 amide bonds. The molecular weight excluding hydrogens is 363 g/mol. The Morgan fingerprint density at radius 2 is 1.78 bits per heavy atom. The first kappa shape index (κ1) is 16.3. The molecule has 3 aromatic rings. The Hall–Kier alpha value is -2.85. The number of halogens is 2. The number of hydrogen-bond donors (Lipinski definition) is 0. The highest BCUT2D eigenvalue weighted by molar-refractivity contribution is 6.30. The lowest BCUT2D eigenvalue weighted by atomic mass is 9.96. The first-order valence-electron chi connectivity index (χ1n) is 8.82. The molecule has 3 aromatic carbocycles. The zero-order chi connectivity index (χ0) is 18.4. The van der Waals surface area contributed by atoms with Crippen molar-refractivity contribution >= 4 is 17.3 Å². The summed E-state index contributed by atoms with van der Waals surface area (Å²) in [6.07, 6.45) is 0.397. The Labute approximate surface area is 161 Å². The highest BCUT2D eigenvalue weighted by Gasteiger charge is 2.41. The molecule has 5 rings (SSSR count). The van der Waals surface area contributed by atoms with Gasteiger partial charge in [-0.2, -0.15) is 5.10 Å². The summed E-state index contributed by atoms with van der Waals surface area (Å²) in [6, 6.07) is 22.2. The van der Waals surface area contributed by atoms with E-state index in [0.717, 1.165) is 28.2 Å². The monoisotopic (exact) mass is 378 g/mol. The number of benzene rings is 3. The summed E-state index contributed by atoms with van der Waals surface area (Å²) in [5.74, 6) is 0.572. The Bertz CT molecular complexity index is 1020. The van der Waals surface area contributed by atoms with E-state index in [0.29, 0.717) is 11.4 Å². The zero-order valence-electron chi connectivity index (χ0n) is 14.3. The van der Waals surface area contributed by atoms with Gasteiger partial charge in [-0.1, -0.05) is 54.1 Å². The molecule has 0 fully saturated rings. The molecule has 2 aliphatic rings. The van der Waals surface area contributed by atoms with E-state index in [4.69, 9.17) is 21.4 Å². The molecule has 0 aromatic heterocycles. The van der Waals surface area contributed by atoms with Crippen LogP contribution in [0.15, 0.2) is 77.9 Å². The number of nitrogens with zero attached hydrogens (tertiary/aromatic N) is 2. The summed E-state index contributed by atoms with van der Waals surface area (Å²) in [6.45, 7) is 0. The minimum Gasteiger partial charge on any atom is -0.464 e. The van der Waals surface area contributed by atoms with Crippen molar-refractivity contribution < 1.29 is 9.13 Å². The maximum Gasteiger partial charge on any atom is 0.213 e. The van der Waals surface area contributed by atoms with Crippen molar-refractivity contribution in [2.75, 3.05) is 0 Å². The van der Waals surface area contributed by atoms with Gasteiger partial charge in [-0.3, -0.25) is 0 Å². The van der Waals surface area contributed by atoms with Crippen molar-refractivity contribution in [1.82, 2.24) is 5.01 Å². The first-order valence-corrected chi connectivity index (χ1v) is 9.19. The van der Waals surface area contributed by atoms with E-state index >= 15 is 0 Å². The Balaban J connectivity index is 1.60. The maximum atomic E-state index is 13.3. The van der Waals surface area contributed by atoms with E-state index in [1.165, 1.54) is 12.1 Å². The third kappa shape index (κ3) is 2.86. The van der Waals surface area contributed by atoms with Crippen molar-refractivity contribution in [2.45, 2.75) is 18.7 Å². The molecule has 5 heteroatoms. The van der Waals surface area contributed by atoms with E-state index < -0.39 is 0 Å². The van der Waals surface area contributed by atoms with E-state index in [2.05, 4.69) is 0 Å². The number of fused-ring (bicyclic) bond motifs is 3. The van der Waals surface area contributed by atoms with Gasteiger partial charge in [0.2, 0.25) is 6.23 Å². The van der Waals surface area contributed by atoms with E-state index in [1.807, 2.05) is 53.5 Å². The van der Waals surface area contributed by atoms with Crippen LogP contribution in [0.1, 0.15) is 35.4 Å². The smallest absolute Gasteiger partial charge is 0.213 e. The van der Waals surface area contributed by atoms with Crippen LogP contribution >= 0.6 is 11.6 Å². The molecular formula is C22H16ClFN2O. The van der Waals surface area contributed by atoms with Gasteiger partial charge in [0.05, 0.1) is 11.8 Å². The molecule has 3 nitrogen and oxygen atoms in total. The number of ether oxygens (including phenoxy) is 1. The van der Waals surface area contributed by atoms with Gasteiger partial charge in [0.1, 0.15) is 11.6 Å². The van der Waals surface area contributed by atoms with Crippen LogP contribution in [0.5, 0.6) is 5.75 Å². The van der Waals surface area contributed by atoms with Crippen molar-refractivity contribution in [3.8, 4) is 5.75 Å². The van der Waals surface area contributed by atoms with Crippen molar-refractivity contribution in [2.24, 2.45) is 5.10 Å². The van der Waals surface area contributed by atoms with Crippen LogP contribution in [0.2, 0.25) is 5.02 Å². The Morgan fingerprint density at radius 1 is 1.00 bits per heavy atom. The van der Waals surface area contributed by atoms with Crippen molar-refractivity contribution in [3.05, 3.63) is 100 Å². The van der Waals surface area contributed by atoms with Crippen molar-refractivity contribution in [1.29, 1.82) is 0 Å². The molecule has 0 bridgehead atoms. The summed E-state index contributed by atoms with van der Waals surface area (Å²) in [5, 5.41) is 7.52. The fourth-order valence-corrected chi connectivity index (χ4v) is 3.89. The van der Waals surface area contributed by atoms with Gasteiger partial charge >= 0.3 is 0 Å². The first-order chi connectivity index (χ1) is 13.2. The lowest BCUT2D eigenvalue weighted by molar-refractivity contribution is -0.0190. The van der Waals surface area contributed by atoms with Crippen LogP contribution in [-0.4, -0.2) is 10.7 Å². The van der Waals surface area contributed by atoms with Gasteiger partial charge in [-0.05, 0) is 35.9 Å². The largest absolute Gasteiger partial charge is 0.464 e. The summed E-state index contributed by atoms with van der Waals surface area (Å²) in [5.41, 5.74) is 3.89. The Kier molecular flexibility index (Phi) is 3.87. The SMILES string of the molecule is Fc1ccc(C2=NN3[C@@H](C2)c2cc(Cl)ccc2O[C@H]3c2ccccc2)cc1. The molecule has 0 unspecified atom stereocenters. The number of hydrogen-bond acceptors (Lipinski definition) is 3. The molecule has 0 aliphatic carbocycles. The van der Waals surface area contributed by atoms with Crippen LogP contribution in [0.4, 0.5) is 4.39 Å². The average molecular weight is 379 g/mol. The topological polar surface area (TPSA) is 24.8 Å². The van der Waals surface area contributed by atoms with Gasteiger partial charge < -0.3 is 4.74 Å². The second-order valence-electron chi connectivity index (χ2n) is 6.72. The summed E-state index contributed by atoms with van der Waals surface area (Å²) in [4.78, 5) is 0. The molecule has 0 radical (unpaired) electrons. The number of rotatable bonds is 2. The van der Waals surface area contributed by atoms with Gasteiger partial charge in [0.25, 0.3) is 0 Å². The molecule has 27 heavy (non-hydrogen) atoms. The molecule has 134 valence electrons. The van der Waals surface area contributed by atoms with E-state index in [1.54, 1.807) is 12.1 Å². The number of hydrazone groups is 1. The summed E-state index contributed by atoms with van der Waals surface area (Å²) >= 11 is 6.24. The van der Waals surface area contributed by atoms with Gasteiger partial charge in [-0.25, -0.2) is 9.40 Å². The highest BCUT2D eigenvalue weighted by atomic mass is 35.5. The average Bonchev–Trinajstić information content (AvgIpc) is 3.14. The summed E-state index contributed by atoms with van der Waals surface area (Å²) in [7, 11) is 0. The lowest BCUT2D eigenvalue weighted by Gasteiger charge is -2.38. The molecule has 0 saturated heterocycles. The molecule has 0 N–H and O–H groups in total.